The molecular weight excluding hydrogens is 325 g/mol. The van der Waals surface area contributed by atoms with Gasteiger partial charge in [-0.25, -0.2) is 9.97 Å². The normalized spacial score (nSPS) is 21.0. The van der Waals surface area contributed by atoms with Crippen LogP contribution in [0.5, 0.6) is 0 Å². The Morgan fingerprint density at radius 2 is 1.77 bits per heavy atom. The number of anilines is 2. The van der Waals surface area contributed by atoms with Gasteiger partial charge in [-0.1, -0.05) is 6.07 Å². The van der Waals surface area contributed by atoms with E-state index in [1.54, 1.807) is 6.20 Å². The van der Waals surface area contributed by atoms with Crippen LogP contribution in [0.3, 0.4) is 0 Å². The van der Waals surface area contributed by atoms with Crippen LogP contribution in [0, 0.1) is 6.92 Å². The third-order valence-corrected chi connectivity index (χ3v) is 5.60. The van der Waals surface area contributed by atoms with Crippen LogP contribution in [0.2, 0.25) is 0 Å². The predicted octanol–water partition coefficient (Wildman–Crippen LogP) is 3.71. The smallest absolute Gasteiger partial charge is 0.399 e. The van der Waals surface area contributed by atoms with Crippen molar-refractivity contribution in [1.29, 1.82) is 0 Å². The topological polar surface area (TPSA) is 56.3 Å². The molecule has 0 amide bonds. The van der Waals surface area contributed by atoms with Gasteiger partial charge in [-0.2, -0.15) is 0 Å². The summed E-state index contributed by atoms with van der Waals surface area (Å²) < 4.78 is 12.5. The van der Waals surface area contributed by atoms with Crippen molar-refractivity contribution in [3.05, 3.63) is 41.7 Å². The molecule has 5 nitrogen and oxygen atoms in total. The number of hydrogen-bond donors (Lipinski definition) is 1. The number of rotatable bonds is 4. The molecule has 1 saturated heterocycles. The molecule has 2 aromatic rings. The van der Waals surface area contributed by atoms with Gasteiger partial charge >= 0.3 is 7.12 Å². The first-order chi connectivity index (χ1) is 12.2. The minimum atomic E-state index is -0.363. The van der Waals surface area contributed by atoms with Gasteiger partial charge in [-0.3, -0.25) is 0 Å². The molecule has 1 saturated carbocycles. The third-order valence-electron chi connectivity index (χ3n) is 5.60. The van der Waals surface area contributed by atoms with Crippen LogP contribution < -0.4 is 10.8 Å². The summed E-state index contributed by atoms with van der Waals surface area (Å²) in [6, 6.07) is 8.39. The van der Waals surface area contributed by atoms with Gasteiger partial charge in [-0.05, 0) is 82.6 Å². The van der Waals surface area contributed by atoms with Crippen LogP contribution in [-0.4, -0.2) is 28.3 Å². The Labute approximate surface area is 155 Å². The predicted molar refractivity (Wildman–Crippen MR) is 104 cm³/mol. The summed E-state index contributed by atoms with van der Waals surface area (Å²) in [7, 11) is -0.363. The highest BCUT2D eigenvalue weighted by atomic mass is 16.7. The van der Waals surface area contributed by atoms with Gasteiger partial charge in [-0.15, -0.1) is 0 Å². The molecule has 1 N–H and O–H groups in total. The first kappa shape index (κ1) is 17.5. The molecule has 6 heteroatoms. The fraction of sp³-hybridized carbons (Fsp3) is 0.500. The second-order valence-electron chi connectivity index (χ2n) is 8.40. The second-order valence-corrected chi connectivity index (χ2v) is 8.40. The maximum absolute atomic E-state index is 6.25. The van der Waals surface area contributed by atoms with Crippen molar-refractivity contribution in [2.45, 2.75) is 64.6 Å². The standard InChI is InChI=1S/C20H26BN3O2/c1-13-8-9-22-18(23-13)24-17-11-15(14-6-7-14)10-16(12-17)21-25-19(2,3)20(4,5)26-21/h8-12,14H,6-7H2,1-5H3,(H,22,23,24). The van der Waals surface area contributed by atoms with Gasteiger partial charge in [0.2, 0.25) is 5.95 Å². The second kappa shape index (κ2) is 6.07. The number of nitrogens with zero attached hydrogens (tertiary/aromatic N) is 2. The van der Waals surface area contributed by atoms with Crippen molar-refractivity contribution in [2.24, 2.45) is 0 Å². The van der Waals surface area contributed by atoms with E-state index in [-0.39, 0.29) is 18.3 Å². The molecule has 1 aromatic carbocycles. The maximum Gasteiger partial charge on any atom is 0.494 e. The molecule has 26 heavy (non-hydrogen) atoms. The molecule has 0 atom stereocenters. The monoisotopic (exact) mass is 351 g/mol. The maximum atomic E-state index is 6.25. The van der Waals surface area contributed by atoms with Crippen LogP contribution in [0.1, 0.15) is 57.7 Å². The first-order valence-electron chi connectivity index (χ1n) is 9.31. The van der Waals surface area contributed by atoms with Gasteiger partial charge in [0.1, 0.15) is 0 Å². The van der Waals surface area contributed by atoms with Crippen molar-refractivity contribution >= 4 is 24.2 Å². The highest BCUT2D eigenvalue weighted by Crippen LogP contribution is 2.41. The van der Waals surface area contributed by atoms with Crippen molar-refractivity contribution in [2.75, 3.05) is 5.32 Å². The molecule has 2 fully saturated rings. The lowest BCUT2D eigenvalue weighted by molar-refractivity contribution is 0.00578. The minimum absolute atomic E-state index is 0.347. The molecule has 2 aliphatic rings. The molecular formula is C20H26BN3O2. The quantitative estimate of drug-likeness (QED) is 0.851. The number of aromatic nitrogens is 2. The first-order valence-corrected chi connectivity index (χ1v) is 9.31. The highest BCUT2D eigenvalue weighted by Gasteiger charge is 2.51. The van der Waals surface area contributed by atoms with E-state index in [4.69, 9.17) is 9.31 Å². The molecule has 1 aromatic heterocycles. The Hall–Kier alpha value is -1.92. The van der Waals surface area contributed by atoms with Crippen LogP contribution >= 0.6 is 0 Å². The summed E-state index contributed by atoms with van der Waals surface area (Å²) in [6.07, 6.45) is 4.25. The van der Waals surface area contributed by atoms with Crippen molar-refractivity contribution < 1.29 is 9.31 Å². The summed E-state index contributed by atoms with van der Waals surface area (Å²) in [5.74, 6) is 1.24. The van der Waals surface area contributed by atoms with E-state index < -0.39 is 0 Å². The summed E-state index contributed by atoms with van der Waals surface area (Å²) >= 11 is 0. The van der Waals surface area contributed by atoms with E-state index in [1.165, 1.54) is 18.4 Å². The molecule has 2 heterocycles. The van der Waals surface area contributed by atoms with E-state index in [9.17, 15) is 0 Å². The lowest BCUT2D eigenvalue weighted by Crippen LogP contribution is -2.41. The van der Waals surface area contributed by atoms with Crippen molar-refractivity contribution in [3.63, 3.8) is 0 Å². The van der Waals surface area contributed by atoms with E-state index in [0.717, 1.165) is 16.8 Å². The Morgan fingerprint density at radius 1 is 1.08 bits per heavy atom. The van der Waals surface area contributed by atoms with Gasteiger partial charge in [0.15, 0.2) is 0 Å². The average molecular weight is 351 g/mol. The number of benzene rings is 1. The van der Waals surface area contributed by atoms with Crippen molar-refractivity contribution in [1.82, 2.24) is 9.97 Å². The molecule has 136 valence electrons. The Morgan fingerprint density at radius 3 is 2.38 bits per heavy atom. The van der Waals surface area contributed by atoms with E-state index in [0.29, 0.717) is 11.9 Å². The van der Waals surface area contributed by atoms with Gasteiger partial charge in [0.05, 0.1) is 11.2 Å². The molecule has 0 unspecified atom stereocenters. The van der Waals surface area contributed by atoms with Crippen LogP contribution in [-0.2, 0) is 9.31 Å². The third kappa shape index (κ3) is 3.36. The summed E-state index contributed by atoms with van der Waals surface area (Å²) in [4.78, 5) is 8.76. The van der Waals surface area contributed by atoms with E-state index >= 15 is 0 Å². The zero-order valence-electron chi connectivity index (χ0n) is 16.2. The van der Waals surface area contributed by atoms with E-state index in [2.05, 4.69) is 61.2 Å². The Kier molecular flexibility index (Phi) is 4.08. The van der Waals surface area contributed by atoms with E-state index in [1.807, 2.05) is 13.0 Å². The van der Waals surface area contributed by atoms with Crippen LogP contribution in [0.4, 0.5) is 11.6 Å². The fourth-order valence-electron chi connectivity index (χ4n) is 3.15. The molecule has 1 aliphatic carbocycles. The minimum Gasteiger partial charge on any atom is -0.399 e. The molecule has 0 radical (unpaired) electrons. The molecule has 1 aliphatic heterocycles. The zero-order valence-corrected chi connectivity index (χ0v) is 16.2. The van der Waals surface area contributed by atoms with Gasteiger partial charge in [0.25, 0.3) is 0 Å². The molecule has 4 rings (SSSR count). The highest BCUT2D eigenvalue weighted by molar-refractivity contribution is 6.62. The van der Waals surface area contributed by atoms with Crippen LogP contribution in [0.15, 0.2) is 30.5 Å². The lowest BCUT2D eigenvalue weighted by Gasteiger charge is -2.32. The number of aryl methyl sites for hydroxylation is 1. The molecule has 0 spiro atoms. The summed E-state index contributed by atoms with van der Waals surface area (Å²) in [5.41, 5.74) is 3.59. The van der Waals surface area contributed by atoms with Gasteiger partial charge in [0, 0.05) is 17.6 Å². The summed E-state index contributed by atoms with van der Waals surface area (Å²) in [5, 5.41) is 3.34. The summed E-state index contributed by atoms with van der Waals surface area (Å²) in [6.45, 7) is 10.3. The average Bonchev–Trinajstić information content (AvgIpc) is 3.35. The Balaban J connectivity index is 1.66. The zero-order chi connectivity index (χ0) is 18.5. The fourth-order valence-corrected chi connectivity index (χ4v) is 3.15. The Bertz CT molecular complexity index is 818. The van der Waals surface area contributed by atoms with Gasteiger partial charge < -0.3 is 14.6 Å². The lowest BCUT2D eigenvalue weighted by atomic mass is 9.77. The largest absolute Gasteiger partial charge is 0.494 e. The van der Waals surface area contributed by atoms with Crippen molar-refractivity contribution in [3.8, 4) is 0 Å². The molecule has 0 bridgehead atoms. The number of hydrogen-bond acceptors (Lipinski definition) is 5. The van der Waals surface area contributed by atoms with Crippen LogP contribution in [0.25, 0.3) is 0 Å². The SMILES string of the molecule is Cc1ccnc(Nc2cc(B3OC(C)(C)C(C)(C)O3)cc(C3CC3)c2)n1. The number of nitrogens with one attached hydrogen (secondary N) is 1.